The van der Waals surface area contributed by atoms with Crippen molar-refractivity contribution in [2.75, 3.05) is 0 Å². The fraction of sp³-hybridized carbons (Fsp3) is 0.429. The molecule has 0 spiro atoms. The Labute approximate surface area is 86.7 Å². The van der Waals surface area contributed by atoms with Crippen molar-refractivity contribution in [3.8, 4) is 0 Å². The van der Waals surface area contributed by atoms with Crippen molar-refractivity contribution in [3.63, 3.8) is 0 Å². The van der Waals surface area contributed by atoms with Gasteiger partial charge in [-0.2, -0.15) is 0 Å². The summed E-state index contributed by atoms with van der Waals surface area (Å²) in [7, 11) is 0. The average molecular weight is 186 g/mol. The highest BCUT2D eigenvalue weighted by Crippen LogP contribution is 2.38. The molecule has 74 valence electrons. The number of hydrogen-bond donors (Lipinski definition) is 0. The van der Waals surface area contributed by atoms with Gasteiger partial charge in [-0.15, -0.1) is 0 Å². The van der Waals surface area contributed by atoms with Crippen LogP contribution in [-0.2, 0) is 0 Å². The second-order valence-electron chi connectivity index (χ2n) is 4.66. The first-order valence-corrected chi connectivity index (χ1v) is 5.32. The van der Waals surface area contributed by atoms with Gasteiger partial charge in [-0.05, 0) is 62.8 Å². The Hall–Kier alpha value is -1.04. The van der Waals surface area contributed by atoms with E-state index in [-0.39, 0.29) is 0 Å². The molecule has 0 atom stereocenters. The van der Waals surface area contributed by atoms with Crippen LogP contribution < -0.4 is 0 Å². The van der Waals surface area contributed by atoms with E-state index in [2.05, 4.69) is 39.8 Å². The quantitative estimate of drug-likeness (QED) is 0.572. The van der Waals surface area contributed by atoms with Gasteiger partial charge in [-0.1, -0.05) is 23.3 Å². The van der Waals surface area contributed by atoms with Crippen LogP contribution >= 0.6 is 0 Å². The number of allylic oxidation sites excluding steroid dienone is 8. The zero-order valence-electron chi connectivity index (χ0n) is 9.57. The first kappa shape index (κ1) is 9.51. The minimum atomic E-state index is 1.17. The lowest BCUT2D eigenvalue weighted by Crippen LogP contribution is -1.90. The fourth-order valence-corrected chi connectivity index (χ4v) is 2.54. The molecule has 0 aromatic rings. The summed E-state index contributed by atoms with van der Waals surface area (Å²) < 4.78 is 0. The summed E-state index contributed by atoms with van der Waals surface area (Å²) in [4.78, 5) is 0. The van der Waals surface area contributed by atoms with Crippen molar-refractivity contribution in [2.24, 2.45) is 0 Å². The van der Waals surface area contributed by atoms with Gasteiger partial charge in [0.1, 0.15) is 0 Å². The van der Waals surface area contributed by atoms with Gasteiger partial charge in [0.25, 0.3) is 0 Å². The Kier molecular flexibility index (Phi) is 2.22. The van der Waals surface area contributed by atoms with E-state index in [9.17, 15) is 0 Å². The maximum atomic E-state index is 2.32. The van der Waals surface area contributed by atoms with E-state index in [1.807, 2.05) is 0 Å². The molecule has 0 nitrogen and oxygen atoms in total. The van der Waals surface area contributed by atoms with E-state index in [0.29, 0.717) is 0 Å². The smallest absolute Gasteiger partial charge is 0.00611 e. The van der Waals surface area contributed by atoms with Crippen LogP contribution in [0.5, 0.6) is 0 Å². The minimum Gasteiger partial charge on any atom is -0.0686 e. The van der Waals surface area contributed by atoms with E-state index < -0.39 is 0 Å². The average Bonchev–Trinajstić information content (AvgIpc) is 2.55. The molecule has 0 aromatic heterocycles. The molecular weight excluding hydrogens is 168 g/mol. The first-order valence-electron chi connectivity index (χ1n) is 5.32. The van der Waals surface area contributed by atoms with E-state index in [0.717, 1.165) is 0 Å². The molecule has 0 amide bonds. The van der Waals surface area contributed by atoms with Gasteiger partial charge in [0.05, 0.1) is 0 Å². The molecule has 0 saturated heterocycles. The second kappa shape index (κ2) is 3.27. The lowest BCUT2D eigenvalue weighted by molar-refractivity contribution is 1.07. The van der Waals surface area contributed by atoms with Gasteiger partial charge < -0.3 is 0 Å². The minimum absolute atomic E-state index is 1.17. The lowest BCUT2D eigenvalue weighted by Gasteiger charge is -2.08. The molecule has 0 aromatic carbocycles. The standard InChI is InChI=1S/C14H18/c1-9-5-11(3)13(7-9)14-8-10(2)6-12(14)4/h5-6H,7-8H2,1-4H3. The van der Waals surface area contributed by atoms with Gasteiger partial charge in [0.2, 0.25) is 0 Å². The van der Waals surface area contributed by atoms with Gasteiger partial charge in [0, 0.05) is 0 Å². The third-order valence-electron chi connectivity index (χ3n) is 3.15. The molecule has 0 saturated carbocycles. The first-order chi connectivity index (χ1) is 6.58. The van der Waals surface area contributed by atoms with Gasteiger partial charge >= 0.3 is 0 Å². The highest BCUT2D eigenvalue weighted by Gasteiger charge is 2.19. The molecule has 0 heterocycles. The molecule has 0 N–H and O–H groups in total. The van der Waals surface area contributed by atoms with Crippen molar-refractivity contribution in [1.29, 1.82) is 0 Å². The Morgan fingerprint density at radius 1 is 0.714 bits per heavy atom. The van der Waals surface area contributed by atoms with Crippen molar-refractivity contribution >= 4 is 0 Å². The normalized spacial score (nSPS) is 22.0. The molecule has 0 aliphatic heterocycles. The molecule has 0 unspecified atom stereocenters. The highest BCUT2D eigenvalue weighted by atomic mass is 14.2. The third kappa shape index (κ3) is 1.50. The van der Waals surface area contributed by atoms with Gasteiger partial charge in [-0.25, -0.2) is 0 Å². The SMILES string of the molecule is CC1=CC(C)=C(C2=C(C)C=C(C)C2)C1. The number of hydrogen-bond acceptors (Lipinski definition) is 0. The maximum absolute atomic E-state index is 2.32. The molecule has 2 aliphatic carbocycles. The van der Waals surface area contributed by atoms with Crippen molar-refractivity contribution in [1.82, 2.24) is 0 Å². The third-order valence-corrected chi connectivity index (χ3v) is 3.15. The Morgan fingerprint density at radius 3 is 1.29 bits per heavy atom. The molecule has 0 fully saturated rings. The van der Waals surface area contributed by atoms with Crippen molar-refractivity contribution < 1.29 is 0 Å². The van der Waals surface area contributed by atoms with Crippen LogP contribution in [0.2, 0.25) is 0 Å². The van der Waals surface area contributed by atoms with Crippen LogP contribution in [0.25, 0.3) is 0 Å². The summed E-state index contributed by atoms with van der Waals surface area (Å²) >= 11 is 0. The maximum Gasteiger partial charge on any atom is -0.00611 e. The molecule has 2 rings (SSSR count). The van der Waals surface area contributed by atoms with Crippen LogP contribution in [0.4, 0.5) is 0 Å². The van der Waals surface area contributed by atoms with E-state index in [4.69, 9.17) is 0 Å². The molecule has 14 heavy (non-hydrogen) atoms. The van der Waals surface area contributed by atoms with Crippen LogP contribution in [0.3, 0.4) is 0 Å². The lowest BCUT2D eigenvalue weighted by atomic mass is 9.96. The van der Waals surface area contributed by atoms with E-state index >= 15 is 0 Å². The summed E-state index contributed by atoms with van der Waals surface area (Å²) in [6.45, 7) is 8.92. The van der Waals surface area contributed by atoms with Crippen molar-refractivity contribution in [2.45, 2.75) is 40.5 Å². The second-order valence-corrected chi connectivity index (χ2v) is 4.66. The summed E-state index contributed by atoms with van der Waals surface area (Å²) in [6, 6.07) is 0. The summed E-state index contributed by atoms with van der Waals surface area (Å²) in [5, 5.41) is 0. The van der Waals surface area contributed by atoms with Crippen LogP contribution in [0.15, 0.2) is 45.6 Å². The van der Waals surface area contributed by atoms with Crippen LogP contribution in [-0.4, -0.2) is 0 Å². The predicted molar refractivity (Wildman–Crippen MR) is 62.1 cm³/mol. The topological polar surface area (TPSA) is 0 Å². The summed E-state index contributed by atoms with van der Waals surface area (Å²) in [5.74, 6) is 0. The van der Waals surface area contributed by atoms with Crippen LogP contribution in [0.1, 0.15) is 40.5 Å². The largest absolute Gasteiger partial charge is 0.0686 e. The van der Waals surface area contributed by atoms with Crippen molar-refractivity contribution in [3.05, 3.63) is 45.6 Å². The fourth-order valence-electron chi connectivity index (χ4n) is 2.54. The summed E-state index contributed by atoms with van der Waals surface area (Å²) in [5.41, 5.74) is 9.10. The van der Waals surface area contributed by atoms with Gasteiger partial charge in [-0.3, -0.25) is 0 Å². The Bertz CT molecular complexity index is 358. The van der Waals surface area contributed by atoms with E-state index in [1.165, 1.54) is 35.1 Å². The molecule has 0 heteroatoms. The van der Waals surface area contributed by atoms with Crippen LogP contribution in [0, 0.1) is 0 Å². The zero-order valence-corrected chi connectivity index (χ0v) is 9.57. The molecule has 0 radical (unpaired) electrons. The predicted octanol–water partition coefficient (Wildman–Crippen LogP) is 4.32. The monoisotopic (exact) mass is 186 g/mol. The highest BCUT2D eigenvalue weighted by molar-refractivity contribution is 5.55. The molecule has 2 aliphatic rings. The zero-order chi connectivity index (χ0) is 10.3. The number of rotatable bonds is 1. The Balaban J connectivity index is 2.30. The Morgan fingerprint density at radius 2 is 1.07 bits per heavy atom. The van der Waals surface area contributed by atoms with E-state index in [1.54, 1.807) is 11.1 Å². The summed E-state index contributed by atoms with van der Waals surface area (Å²) in [6.07, 6.45) is 6.98. The molecular formula is C14H18. The van der Waals surface area contributed by atoms with Gasteiger partial charge in [0.15, 0.2) is 0 Å². The molecule has 0 bridgehead atoms.